The summed E-state index contributed by atoms with van der Waals surface area (Å²) >= 11 is 0. The Morgan fingerprint density at radius 2 is 1.92 bits per heavy atom. The number of hydrogen-bond acceptors (Lipinski definition) is 1. The van der Waals surface area contributed by atoms with Gasteiger partial charge in [0.1, 0.15) is 11.3 Å². The largest absolute Gasteiger partial charge is 0.461 e. The van der Waals surface area contributed by atoms with Gasteiger partial charge in [-0.25, -0.2) is 0 Å². The summed E-state index contributed by atoms with van der Waals surface area (Å²) in [6.45, 7) is 4.27. The Morgan fingerprint density at radius 3 is 2.58 bits per heavy atom. The fourth-order valence-electron chi connectivity index (χ4n) is 1.29. The van der Waals surface area contributed by atoms with E-state index in [0.717, 1.165) is 11.3 Å². The van der Waals surface area contributed by atoms with E-state index in [0.29, 0.717) is 5.92 Å². The van der Waals surface area contributed by atoms with Crippen LogP contribution in [0, 0.1) is 0 Å². The number of hydrogen-bond donors (Lipinski definition) is 0. The molecule has 0 amide bonds. The standard InChI is InChI=1S/C11H12O/c1-8(2)11-7-9-5-3-4-6-10(9)12-11/h3-8H,1-2H3. The molecule has 1 aromatic carbocycles. The molecule has 0 atom stereocenters. The van der Waals surface area contributed by atoms with Crippen molar-refractivity contribution in [1.29, 1.82) is 0 Å². The SMILES string of the molecule is CC(C)c1cc2ccccc2o1. The summed E-state index contributed by atoms with van der Waals surface area (Å²) in [5.74, 6) is 1.54. The molecule has 0 unspecified atom stereocenters. The zero-order chi connectivity index (χ0) is 8.55. The Bertz CT molecular complexity index is 352. The molecule has 0 aliphatic carbocycles. The predicted octanol–water partition coefficient (Wildman–Crippen LogP) is 3.56. The van der Waals surface area contributed by atoms with Crippen molar-refractivity contribution in [2.75, 3.05) is 0 Å². The smallest absolute Gasteiger partial charge is 0.134 e. The summed E-state index contributed by atoms with van der Waals surface area (Å²) in [5.41, 5.74) is 0.987. The van der Waals surface area contributed by atoms with Gasteiger partial charge in [-0.05, 0) is 12.1 Å². The molecule has 1 heterocycles. The molecule has 12 heavy (non-hydrogen) atoms. The first-order valence-electron chi connectivity index (χ1n) is 4.26. The van der Waals surface area contributed by atoms with Crippen LogP contribution in [-0.2, 0) is 0 Å². The second-order valence-electron chi connectivity index (χ2n) is 3.34. The second kappa shape index (κ2) is 2.67. The van der Waals surface area contributed by atoms with Crippen LogP contribution in [0.25, 0.3) is 11.0 Å². The average molecular weight is 160 g/mol. The molecule has 0 aliphatic rings. The van der Waals surface area contributed by atoms with Gasteiger partial charge in [-0.1, -0.05) is 32.0 Å². The average Bonchev–Trinajstić information content (AvgIpc) is 2.46. The predicted molar refractivity (Wildman–Crippen MR) is 50.3 cm³/mol. The highest BCUT2D eigenvalue weighted by molar-refractivity contribution is 5.77. The van der Waals surface area contributed by atoms with E-state index in [-0.39, 0.29) is 0 Å². The maximum atomic E-state index is 5.63. The van der Waals surface area contributed by atoms with Crippen LogP contribution in [0.4, 0.5) is 0 Å². The summed E-state index contributed by atoms with van der Waals surface area (Å²) in [5, 5.41) is 1.20. The molecule has 0 N–H and O–H groups in total. The molecule has 0 fully saturated rings. The van der Waals surface area contributed by atoms with Crippen molar-refractivity contribution in [3.63, 3.8) is 0 Å². The number of benzene rings is 1. The van der Waals surface area contributed by atoms with E-state index in [1.807, 2.05) is 18.2 Å². The fourth-order valence-corrected chi connectivity index (χ4v) is 1.29. The van der Waals surface area contributed by atoms with E-state index in [1.165, 1.54) is 5.39 Å². The summed E-state index contributed by atoms with van der Waals surface area (Å²) in [4.78, 5) is 0. The lowest BCUT2D eigenvalue weighted by Gasteiger charge is -1.95. The van der Waals surface area contributed by atoms with Crippen LogP contribution in [0.1, 0.15) is 25.5 Å². The molecule has 0 saturated heterocycles. The lowest BCUT2D eigenvalue weighted by molar-refractivity contribution is 0.522. The van der Waals surface area contributed by atoms with Crippen molar-refractivity contribution in [2.45, 2.75) is 19.8 Å². The molecule has 0 spiro atoms. The third-order valence-electron chi connectivity index (χ3n) is 2.01. The minimum absolute atomic E-state index is 0.470. The van der Waals surface area contributed by atoms with Gasteiger partial charge in [0.25, 0.3) is 0 Å². The summed E-state index contributed by atoms with van der Waals surface area (Å²) < 4.78 is 5.63. The van der Waals surface area contributed by atoms with E-state index in [9.17, 15) is 0 Å². The second-order valence-corrected chi connectivity index (χ2v) is 3.34. The Labute approximate surface area is 72.0 Å². The first kappa shape index (κ1) is 7.41. The van der Waals surface area contributed by atoms with Crippen molar-refractivity contribution in [2.24, 2.45) is 0 Å². The molecule has 0 saturated carbocycles. The van der Waals surface area contributed by atoms with E-state index in [1.54, 1.807) is 0 Å². The summed E-state index contributed by atoms with van der Waals surface area (Å²) in [6, 6.07) is 10.2. The first-order valence-corrected chi connectivity index (χ1v) is 4.26. The molecule has 62 valence electrons. The van der Waals surface area contributed by atoms with E-state index in [2.05, 4.69) is 26.0 Å². The van der Waals surface area contributed by atoms with Crippen molar-refractivity contribution in [3.8, 4) is 0 Å². The summed E-state index contributed by atoms with van der Waals surface area (Å²) in [6.07, 6.45) is 0. The normalized spacial score (nSPS) is 11.2. The van der Waals surface area contributed by atoms with Gasteiger partial charge in [-0.15, -0.1) is 0 Å². The zero-order valence-corrected chi connectivity index (χ0v) is 7.37. The van der Waals surface area contributed by atoms with Gasteiger partial charge in [-0.3, -0.25) is 0 Å². The van der Waals surface area contributed by atoms with Crippen LogP contribution in [0.2, 0.25) is 0 Å². The number of para-hydroxylation sites is 1. The Kier molecular flexibility index (Phi) is 1.65. The fraction of sp³-hybridized carbons (Fsp3) is 0.273. The molecule has 2 aromatic rings. The maximum Gasteiger partial charge on any atom is 0.134 e. The van der Waals surface area contributed by atoms with Crippen LogP contribution in [0.3, 0.4) is 0 Å². The van der Waals surface area contributed by atoms with Crippen LogP contribution in [0.5, 0.6) is 0 Å². The van der Waals surface area contributed by atoms with Crippen LogP contribution >= 0.6 is 0 Å². The number of furan rings is 1. The molecule has 1 nitrogen and oxygen atoms in total. The van der Waals surface area contributed by atoms with Gasteiger partial charge in [0.15, 0.2) is 0 Å². The topological polar surface area (TPSA) is 13.1 Å². The van der Waals surface area contributed by atoms with E-state index >= 15 is 0 Å². The Morgan fingerprint density at radius 1 is 1.17 bits per heavy atom. The van der Waals surface area contributed by atoms with Gasteiger partial charge in [0.05, 0.1) is 0 Å². The lowest BCUT2D eigenvalue weighted by Crippen LogP contribution is -1.79. The maximum absolute atomic E-state index is 5.63. The minimum atomic E-state index is 0.470. The van der Waals surface area contributed by atoms with Gasteiger partial charge in [0.2, 0.25) is 0 Å². The zero-order valence-electron chi connectivity index (χ0n) is 7.37. The third-order valence-corrected chi connectivity index (χ3v) is 2.01. The Balaban J connectivity index is 2.62. The highest BCUT2D eigenvalue weighted by atomic mass is 16.3. The van der Waals surface area contributed by atoms with Crippen molar-refractivity contribution in [3.05, 3.63) is 36.1 Å². The van der Waals surface area contributed by atoms with Gasteiger partial charge >= 0.3 is 0 Å². The van der Waals surface area contributed by atoms with Crippen LogP contribution in [-0.4, -0.2) is 0 Å². The van der Waals surface area contributed by atoms with Crippen molar-refractivity contribution < 1.29 is 4.42 Å². The minimum Gasteiger partial charge on any atom is -0.461 e. The van der Waals surface area contributed by atoms with Gasteiger partial charge in [-0.2, -0.15) is 0 Å². The molecular weight excluding hydrogens is 148 g/mol. The molecule has 2 rings (SSSR count). The summed E-state index contributed by atoms with van der Waals surface area (Å²) in [7, 11) is 0. The molecule has 1 heteroatoms. The lowest BCUT2D eigenvalue weighted by atomic mass is 10.1. The monoisotopic (exact) mass is 160 g/mol. The molecular formula is C11H12O. The first-order chi connectivity index (χ1) is 5.77. The molecule has 0 aliphatic heterocycles. The third kappa shape index (κ3) is 1.11. The van der Waals surface area contributed by atoms with E-state index < -0.39 is 0 Å². The molecule has 0 radical (unpaired) electrons. The van der Waals surface area contributed by atoms with E-state index in [4.69, 9.17) is 4.42 Å². The van der Waals surface area contributed by atoms with Crippen LogP contribution < -0.4 is 0 Å². The molecule has 0 bridgehead atoms. The van der Waals surface area contributed by atoms with Crippen molar-refractivity contribution >= 4 is 11.0 Å². The number of fused-ring (bicyclic) bond motifs is 1. The quantitative estimate of drug-likeness (QED) is 0.621. The van der Waals surface area contributed by atoms with Crippen molar-refractivity contribution in [1.82, 2.24) is 0 Å². The van der Waals surface area contributed by atoms with Gasteiger partial charge < -0.3 is 4.42 Å². The number of rotatable bonds is 1. The highest BCUT2D eigenvalue weighted by Gasteiger charge is 2.05. The van der Waals surface area contributed by atoms with Gasteiger partial charge in [0, 0.05) is 11.3 Å². The molecule has 1 aromatic heterocycles. The Hall–Kier alpha value is -1.24. The van der Waals surface area contributed by atoms with Crippen LogP contribution in [0.15, 0.2) is 34.7 Å². The highest BCUT2D eigenvalue weighted by Crippen LogP contribution is 2.23.